The number of nitrogens with two attached hydrogens (primary N) is 1. The third kappa shape index (κ3) is 3.29. The molecule has 0 saturated carbocycles. The number of rotatable bonds is 5. The van der Waals surface area contributed by atoms with Crippen LogP contribution in [-0.4, -0.2) is 22.2 Å². The quantitative estimate of drug-likeness (QED) is 0.703. The Kier molecular flexibility index (Phi) is 4.60. The van der Waals surface area contributed by atoms with Crippen molar-refractivity contribution in [1.29, 1.82) is 0 Å². The Morgan fingerprint density at radius 1 is 1.30 bits per heavy atom. The predicted octanol–water partition coefficient (Wildman–Crippen LogP) is 0.874. The Labute approximate surface area is 118 Å². The predicted molar refractivity (Wildman–Crippen MR) is 78.6 cm³/mol. The largest absolute Gasteiger partial charge is 0.490 e. The zero-order valence-electron chi connectivity index (χ0n) is 11.2. The molecular weight excluding hydrogens is 255 g/mol. The molecule has 0 aliphatic carbocycles. The number of hydrogen-bond donors (Lipinski definition) is 3. The minimum Gasteiger partial charge on any atom is -0.482 e. The Morgan fingerprint density at radius 3 is 2.60 bits per heavy atom. The van der Waals surface area contributed by atoms with Crippen molar-refractivity contribution in [2.24, 2.45) is 0 Å². The summed E-state index contributed by atoms with van der Waals surface area (Å²) in [5.41, 5.74) is 7.05. The topological polar surface area (TPSA) is 88.6 Å². The molecule has 0 unspecified atom stereocenters. The van der Waals surface area contributed by atoms with E-state index in [0.717, 1.165) is 12.0 Å². The number of pyridine rings is 1. The van der Waals surface area contributed by atoms with E-state index >= 15 is 0 Å². The summed E-state index contributed by atoms with van der Waals surface area (Å²) in [6.07, 6.45) is 1.91. The summed E-state index contributed by atoms with van der Waals surface area (Å²) in [5.74, 6) is 0.579. The van der Waals surface area contributed by atoms with Gasteiger partial charge in [0.1, 0.15) is 6.10 Å². The lowest BCUT2D eigenvalue weighted by Crippen LogP contribution is -2.30. The van der Waals surface area contributed by atoms with Crippen LogP contribution < -0.4 is 15.9 Å². The highest BCUT2D eigenvalue weighted by Crippen LogP contribution is 2.27. The minimum atomic E-state index is -1.60. The van der Waals surface area contributed by atoms with E-state index in [1.807, 2.05) is 37.3 Å². The first-order chi connectivity index (χ1) is 9.61. The number of nitrogens with zero attached hydrogens (tertiary/aromatic N) is 1. The van der Waals surface area contributed by atoms with E-state index < -0.39 is 7.12 Å². The van der Waals surface area contributed by atoms with Crippen molar-refractivity contribution in [3.05, 3.63) is 48.2 Å². The highest BCUT2D eigenvalue weighted by Gasteiger charge is 2.17. The Hall–Kier alpha value is -2.05. The first-order valence-corrected chi connectivity index (χ1v) is 6.45. The van der Waals surface area contributed by atoms with Crippen molar-refractivity contribution in [3.63, 3.8) is 0 Å². The zero-order chi connectivity index (χ0) is 14.5. The maximum absolute atomic E-state index is 9.17. The molecule has 2 aromatic rings. The van der Waals surface area contributed by atoms with Crippen LogP contribution in [0.1, 0.15) is 25.0 Å². The third-order valence-corrected chi connectivity index (χ3v) is 3.01. The third-order valence-electron chi connectivity index (χ3n) is 3.01. The van der Waals surface area contributed by atoms with Gasteiger partial charge in [-0.05, 0) is 18.1 Å². The second-order valence-electron chi connectivity index (χ2n) is 4.45. The molecule has 1 aromatic heterocycles. The molecule has 1 aromatic carbocycles. The van der Waals surface area contributed by atoms with Crippen molar-refractivity contribution in [2.75, 3.05) is 5.73 Å². The van der Waals surface area contributed by atoms with Gasteiger partial charge in [0.05, 0.1) is 0 Å². The van der Waals surface area contributed by atoms with Gasteiger partial charge in [-0.1, -0.05) is 37.3 Å². The molecule has 0 aliphatic heterocycles. The fourth-order valence-corrected chi connectivity index (χ4v) is 1.91. The monoisotopic (exact) mass is 272 g/mol. The summed E-state index contributed by atoms with van der Waals surface area (Å²) in [7, 11) is -1.60. The normalized spacial score (nSPS) is 11.9. The standard InChI is InChI=1S/C14H17BN2O3/c1-2-12(10-6-4-3-5-7-10)20-13-8-11(15(18)19)9-17-14(13)16/h3-9,12,18-19H,2H2,1H3,(H2,16,17)/t12-/m1/s1. The lowest BCUT2D eigenvalue weighted by atomic mass is 9.81. The van der Waals surface area contributed by atoms with Crippen LogP contribution in [0.3, 0.4) is 0 Å². The van der Waals surface area contributed by atoms with Crippen molar-refractivity contribution in [2.45, 2.75) is 19.4 Å². The molecule has 6 heteroatoms. The summed E-state index contributed by atoms with van der Waals surface area (Å²) in [5, 5.41) is 18.3. The number of benzene rings is 1. The first kappa shape index (κ1) is 14.4. The van der Waals surface area contributed by atoms with Gasteiger partial charge in [0.15, 0.2) is 11.6 Å². The van der Waals surface area contributed by atoms with Crippen LogP contribution in [-0.2, 0) is 0 Å². The molecular formula is C14H17BN2O3. The van der Waals surface area contributed by atoms with Crippen molar-refractivity contribution >= 4 is 18.4 Å². The van der Waals surface area contributed by atoms with Gasteiger partial charge in [-0.25, -0.2) is 4.98 Å². The molecule has 0 fully saturated rings. The van der Waals surface area contributed by atoms with Crippen molar-refractivity contribution < 1.29 is 14.8 Å². The van der Waals surface area contributed by atoms with Crippen LogP contribution in [0.15, 0.2) is 42.6 Å². The minimum absolute atomic E-state index is 0.161. The Bertz CT molecular complexity index is 564. The molecule has 0 spiro atoms. The van der Waals surface area contributed by atoms with Crippen LogP contribution in [0.4, 0.5) is 5.82 Å². The van der Waals surface area contributed by atoms with E-state index in [9.17, 15) is 0 Å². The summed E-state index contributed by atoms with van der Waals surface area (Å²) >= 11 is 0. The molecule has 20 heavy (non-hydrogen) atoms. The van der Waals surface area contributed by atoms with Gasteiger partial charge in [-0.3, -0.25) is 0 Å². The molecule has 104 valence electrons. The highest BCUT2D eigenvalue weighted by atomic mass is 16.5. The second-order valence-corrected chi connectivity index (χ2v) is 4.45. The average Bonchev–Trinajstić information content (AvgIpc) is 2.47. The maximum atomic E-state index is 9.17. The van der Waals surface area contributed by atoms with Crippen LogP contribution in [0.25, 0.3) is 0 Å². The lowest BCUT2D eigenvalue weighted by Gasteiger charge is -2.19. The fourth-order valence-electron chi connectivity index (χ4n) is 1.91. The van der Waals surface area contributed by atoms with Crippen LogP contribution in [0.2, 0.25) is 0 Å². The van der Waals surface area contributed by atoms with Crippen LogP contribution in [0, 0.1) is 0 Å². The number of hydrogen-bond acceptors (Lipinski definition) is 5. The van der Waals surface area contributed by atoms with E-state index in [4.69, 9.17) is 20.5 Å². The Morgan fingerprint density at radius 2 is 2.00 bits per heavy atom. The van der Waals surface area contributed by atoms with Crippen molar-refractivity contribution in [3.8, 4) is 5.75 Å². The van der Waals surface area contributed by atoms with E-state index in [2.05, 4.69) is 4.98 Å². The van der Waals surface area contributed by atoms with Gasteiger partial charge in [0.2, 0.25) is 0 Å². The van der Waals surface area contributed by atoms with Crippen molar-refractivity contribution in [1.82, 2.24) is 4.98 Å². The molecule has 4 N–H and O–H groups in total. The summed E-state index contributed by atoms with van der Waals surface area (Å²) in [6.45, 7) is 2.01. The molecule has 2 rings (SSSR count). The smallest absolute Gasteiger partial charge is 0.482 e. The molecule has 0 radical (unpaired) electrons. The van der Waals surface area contributed by atoms with Gasteiger partial charge >= 0.3 is 7.12 Å². The number of nitrogen functional groups attached to an aromatic ring is 1. The van der Waals surface area contributed by atoms with E-state index in [1.165, 1.54) is 12.3 Å². The molecule has 0 amide bonds. The van der Waals surface area contributed by atoms with E-state index in [1.54, 1.807) is 0 Å². The summed E-state index contributed by atoms with van der Waals surface area (Å²) in [4.78, 5) is 3.91. The van der Waals surface area contributed by atoms with Gasteiger partial charge in [-0.15, -0.1) is 0 Å². The number of anilines is 1. The molecule has 0 saturated heterocycles. The SMILES string of the molecule is CC[C@@H](Oc1cc(B(O)O)cnc1N)c1ccccc1. The molecule has 1 atom stereocenters. The van der Waals surface area contributed by atoms with Gasteiger partial charge in [0, 0.05) is 11.7 Å². The second kappa shape index (κ2) is 6.41. The fraction of sp³-hybridized carbons (Fsp3) is 0.214. The first-order valence-electron chi connectivity index (χ1n) is 6.45. The average molecular weight is 272 g/mol. The maximum Gasteiger partial charge on any atom is 0.490 e. The molecule has 0 bridgehead atoms. The molecule has 5 nitrogen and oxygen atoms in total. The number of aromatic nitrogens is 1. The van der Waals surface area contributed by atoms with E-state index in [0.29, 0.717) is 5.75 Å². The van der Waals surface area contributed by atoms with Gasteiger partial charge in [0.25, 0.3) is 0 Å². The van der Waals surface area contributed by atoms with Crippen LogP contribution in [0.5, 0.6) is 5.75 Å². The van der Waals surface area contributed by atoms with Crippen LogP contribution >= 0.6 is 0 Å². The molecule has 1 heterocycles. The zero-order valence-corrected chi connectivity index (χ0v) is 11.2. The lowest BCUT2D eigenvalue weighted by molar-refractivity contribution is 0.202. The summed E-state index contributed by atoms with van der Waals surface area (Å²) in [6, 6.07) is 11.3. The van der Waals surface area contributed by atoms with Gasteiger partial charge < -0.3 is 20.5 Å². The van der Waals surface area contributed by atoms with Gasteiger partial charge in [-0.2, -0.15) is 0 Å². The Balaban J connectivity index is 2.25. The summed E-state index contributed by atoms with van der Waals surface area (Å²) < 4.78 is 5.86. The number of ether oxygens (including phenoxy) is 1. The highest BCUT2D eigenvalue weighted by molar-refractivity contribution is 6.58. The molecule has 0 aliphatic rings. The van der Waals surface area contributed by atoms with E-state index in [-0.39, 0.29) is 17.4 Å².